The number of nitrogens with one attached hydrogen (secondary N) is 1. The third kappa shape index (κ3) is 3.55. The van der Waals surface area contributed by atoms with Crippen molar-refractivity contribution in [1.82, 2.24) is 25.3 Å². The van der Waals surface area contributed by atoms with Crippen molar-refractivity contribution in [2.24, 2.45) is 7.05 Å². The summed E-state index contributed by atoms with van der Waals surface area (Å²) in [6.45, 7) is 2.70. The van der Waals surface area contributed by atoms with Gasteiger partial charge >= 0.3 is 0 Å². The zero-order chi connectivity index (χ0) is 17.9. The lowest BCUT2D eigenvalue weighted by Gasteiger charge is -2.31. The van der Waals surface area contributed by atoms with Gasteiger partial charge < -0.3 is 15.0 Å². The van der Waals surface area contributed by atoms with E-state index in [4.69, 9.17) is 4.74 Å². The van der Waals surface area contributed by atoms with E-state index >= 15 is 0 Å². The molecule has 8 nitrogen and oxygen atoms in total. The molecule has 1 N–H and O–H groups in total. The molecule has 2 atom stereocenters. The predicted octanol–water partition coefficient (Wildman–Crippen LogP) is 1.46. The third-order valence-electron chi connectivity index (χ3n) is 5.01. The first-order valence-electron chi connectivity index (χ1n) is 9.20. The first-order valence-corrected chi connectivity index (χ1v) is 9.20. The minimum atomic E-state index is -0.213. The summed E-state index contributed by atoms with van der Waals surface area (Å²) in [6, 6.07) is 3.53. The quantitative estimate of drug-likeness (QED) is 0.893. The molecule has 2 aliphatic rings. The Morgan fingerprint density at radius 2 is 2.08 bits per heavy atom. The molecule has 0 saturated carbocycles. The molecule has 0 bridgehead atoms. The first-order chi connectivity index (χ1) is 12.7. The molecule has 2 aromatic heterocycles. The van der Waals surface area contributed by atoms with Gasteiger partial charge in [-0.1, -0.05) is 0 Å². The highest BCUT2D eigenvalue weighted by Gasteiger charge is 2.30. The summed E-state index contributed by atoms with van der Waals surface area (Å²) in [7, 11) is 1.87. The number of ether oxygens (including phenoxy) is 1. The minimum absolute atomic E-state index is 0.0968. The predicted molar refractivity (Wildman–Crippen MR) is 95.9 cm³/mol. The second kappa shape index (κ2) is 7.41. The van der Waals surface area contributed by atoms with E-state index in [1.165, 1.54) is 12.8 Å². The molecule has 0 aromatic carbocycles. The number of nitrogens with zero attached hydrogens (tertiary/aromatic N) is 5. The van der Waals surface area contributed by atoms with E-state index in [0.29, 0.717) is 12.3 Å². The van der Waals surface area contributed by atoms with E-state index in [0.717, 1.165) is 37.3 Å². The SMILES string of the molecule is Cn1cc([C@H]2OCCC[C@@H]2NC(=O)c2ccc(N3CCCC3)nn2)cn1. The van der Waals surface area contributed by atoms with Gasteiger partial charge in [-0.15, -0.1) is 10.2 Å². The van der Waals surface area contributed by atoms with Crippen LogP contribution in [-0.4, -0.2) is 51.6 Å². The van der Waals surface area contributed by atoms with E-state index in [9.17, 15) is 4.79 Å². The molecule has 0 radical (unpaired) electrons. The third-order valence-corrected chi connectivity index (χ3v) is 5.01. The summed E-state index contributed by atoms with van der Waals surface area (Å²) in [5.74, 6) is 0.628. The summed E-state index contributed by atoms with van der Waals surface area (Å²) in [6.07, 6.45) is 7.69. The van der Waals surface area contributed by atoms with Crippen molar-refractivity contribution in [3.05, 3.63) is 35.8 Å². The van der Waals surface area contributed by atoms with Crippen LogP contribution in [-0.2, 0) is 11.8 Å². The molecule has 0 aliphatic carbocycles. The lowest BCUT2D eigenvalue weighted by Crippen LogP contribution is -2.43. The van der Waals surface area contributed by atoms with Crippen LogP contribution in [0.25, 0.3) is 0 Å². The van der Waals surface area contributed by atoms with Gasteiger partial charge in [-0.3, -0.25) is 9.48 Å². The fraction of sp³-hybridized carbons (Fsp3) is 0.556. The van der Waals surface area contributed by atoms with Crippen LogP contribution in [0.4, 0.5) is 5.82 Å². The maximum absolute atomic E-state index is 12.6. The molecule has 2 saturated heterocycles. The fourth-order valence-corrected chi connectivity index (χ4v) is 3.65. The first kappa shape index (κ1) is 17.0. The number of aryl methyl sites for hydroxylation is 1. The highest BCUT2D eigenvalue weighted by molar-refractivity contribution is 5.92. The van der Waals surface area contributed by atoms with Crippen molar-refractivity contribution in [2.45, 2.75) is 37.8 Å². The van der Waals surface area contributed by atoms with E-state index in [2.05, 4.69) is 25.5 Å². The monoisotopic (exact) mass is 356 g/mol. The maximum atomic E-state index is 12.6. The largest absolute Gasteiger partial charge is 0.371 e. The second-order valence-electron chi connectivity index (χ2n) is 6.93. The average Bonchev–Trinajstić information content (AvgIpc) is 3.34. The van der Waals surface area contributed by atoms with E-state index < -0.39 is 0 Å². The van der Waals surface area contributed by atoms with Gasteiger partial charge in [0.1, 0.15) is 6.10 Å². The van der Waals surface area contributed by atoms with Crippen molar-refractivity contribution in [2.75, 3.05) is 24.6 Å². The second-order valence-corrected chi connectivity index (χ2v) is 6.93. The van der Waals surface area contributed by atoms with Crippen LogP contribution >= 0.6 is 0 Å². The van der Waals surface area contributed by atoms with Crippen molar-refractivity contribution in [1.29, 1.82) is 0 Å². The number of carbonyl (C=O) groups is 1. The standard InChI is InChI=1S/C18H24N6O2/c1-23-12-13(11-19-23)17-14(5-4-10-26-17)20-18(25)15-6-7-16(22-21-15)24-8-2-3-9-24/h6-7,11-12,14,17H,2-5,8-10H2,1H3,(H,20,25)/t14-,17+/m0/s1. The van der Waals surface area contributed by atoms with Crippen LogP contribution in [0.5, 0.6) is 0 Å². The van der Waals surface area contributed by atoms with Gasteiger partial charge in [0.2, 0.25) is 0 Å². The smallest absolute Gasteiger partial charge is 0.272 e. The van der Waals surface area contributed by atoms with E-state index in [1.807, 2.05) is 19.3 Å². The zero-order valence-corrected chi connectivity index (χ0v) is 15.0. The number of hydrogen-bond donors (Lipinski definition) is 1. The van der Waals surface area contributed by atoms with Gasteiger partial charge in [-0.05, 0) is 37.8 Å². The molecule has 1 amide bonds. The van der Waals surface area contributed by atoms with Crippen molar-refractivity contribution < 1.29 is 9.53 Å². The molecule has 2 aromatic rings. The lowest BCUT2D eigenvalue weighted by atomic mass is 9.98. The van der Waals surface area contributed by atoms with Gasteiger partial charge in [-0.25, -0.2) is 0 Å². The Labute approximate surface area is 152 Å². The Bertz CT molecular complexity index is 753. The van der Waals surface area contributed by atoms with Gasteiger partial charge in [0.05, 0.1) is 12.2 Å². The zero-order valence-electron chi connectivity index (χ0n) is 15.0. The molecule has 2 fully saturated rings. The summed E-state index contributed by atoms with van der Waals surface area (Å²) >= 11 is 0. The Hall–Kier alpha value is -2.48. The molecule has 2 aliphatic heterocycles. The number of amides is 1. The molecule has 138 valence electrons. The Balaban J connectivity index is 1.44. The van der Waals surface area contributed by atoms with Crippen LogP contribution in [0.1, 0.15) is 47.8 Å². The normalized spacial score (nSPS) is 23.2. The average molecular weight is 356 g/mol. The number of rotatable bonds is 4. The Morgan fingerprint density at radius 3 is 2.77 bits per heavy atom. The molecular formula is C18H24N6O2. The number of carbonyl (C=O) groups excluding carboxylic acids is 1. The molecule has 26 heavy (non-hydrogen) atoms. The molecule has 8 heteroatoms. The number of aromatic nitrogens is 4. The van der Waals surface area contributed by atoms with Gasteiger partial charge in [0.15, 0.2) is 11.5 Å². The molecule has 4 heterocycles. The van der Waals surface area contributed by atoms with Crippen LogP contribution in [0.2, 0.25) is 0 Å². The van der Waals surface area contributed by atoms with Crippen molar-refractivity contribution >= 4 is 11.7 Å². The summed E-state index contributed by atoms with van der Waals surface area (Å²) in [5, 5.41) is 15.6. The molecule has 4 rings (SSSR count). The van der Waals surface area contributed by atoms with Gasteiger partial charge in [-0.2, -0.15) is 5.10 Å². The number of anilines is 1. The highest BCUT2D eigenvalue weighted by atomic mass is 16.5. The van der Waals surface area contributed by atoms with Crippen molar-refractivity contribution in [3.8, 4) is 0 Å². The topological polar surface area (TPSA) is 85.2 Å². The van der Waals surface area contributed by atoms with Crippen LogP contribution in [0.3, 0.4) is 0 Å². The van der Waals surface area contributed by atoms with E-state index in [-0.39, 0.29) is 18.1 Å². The van der Waals surface area contributed by atoms with Crippen LogP contribution in [0, 0.1) is 0 Å². The molecule has 0 unspecified atom stereocenters. The summed E-state index contributed by atoms with van der Waals surface area (Å²) < 4.78 is 7.65. The lowest BCUT2D eigenvalue weighted by molar-refractivity contribution is -0.00956. The summed E-state index contributed by atoms with van der Waals surface area (Å²) in [4.78, 5) is 14.8. The van der Waals surface area contributed by atoms with Crippen LogP contribution in [0.15, 0.2) is 24.5 Å². The summed E-state index contributed by atoms with van der Waals surface area (Å²) in [5.41, 5.74) is 1.32. The maximum Gasteiger partial charge on any atom is 0.272 e. The number of hydrogen-bond acceptors (Lipinski definition) is 6. The van der Waals surface area contributed by atoms with Crippen LogP contribution < -0.4 is 10.2 Å². The van der Waals surface area contributed by atoms with E-state index in [1.54, 1.807) is 16.9 Å². The Morgan fingerprint density at radius 1 is 1.23 bits per heavy atom. The molecular weight excluding hydrogens is 332 g/mol. The minimum Gasteiger partial charge on any atom is -0.371 e. The molecule has 0 spiro atoms. The fourth-order valence-electron chi connectivity index (χ4n) is 3.65. The van der Waals surface area contributed by atoms with Gasteiger partial charge in [0, 0.05) is 38.5 Å². The highest BCUT2D eigenvalue weighted by Crippen LogP contribution is 2.28. The van der Waals surface area contributed by atoms with Gasteiger partial charge in [0.25, 0.3) is 5.91 Å². The van der Waals surface area contributed by atoms with Crippen molar-refractivity contribution in [3.63, 3.8) is 0 Å². The Kier molecular flexibility index (Phi) is 4.83.